The maximum Gasteiger partial charge on any atom is 0.416 e. The lowest BCUT2D eigenvalue weighted by molar-refractivity contribution is -0.137. The Balaban J connectivity index is 2.42. The number of halogens is 4. The van der Waals surface area contributed by atoms with Gasteiger partial charge < -0.3 is 4.74 Å². The molecule has 6 heteroatoms. The molecular formula is C15H10BrF3O2. The van der Waals surface area contributed by atoms with Gasteiger partial charge in [0.2, 0.25) is 0 Å². The molecule has 110 valence electrons. The maximum absolute atomic E-state index is 12.7. The molecule has 0 bridgehead atoms. The van der Waals surface area contributed by atoms with E-state index in [2.05, 4.69) is 15.9 Å². The molecule has 0 spiro atoms. The van der Waals surface area contributed by atoms with Gasteiger partial charge in [0.05, 0.1) is 12.7 Å². The van der Waals surface area contributed by atoms with Gasteiger partial charge in [0, 0.05) is 15.6 Å². The Bertz CT molecular complexity index is 664. The summed E-state index contributed by atoms with van der Waals surface area (Å²) in [7, 11) is 1.49. The van der Waals surface area contributed by atoms with E-state index in [-0.39, 0.29) is 11.1 Å². The molecule has 0 saturated carbocycles. The van der Waals surface area contributed by atoms with E-state index < -0.39 is 17.5 Å². The number of methoxy groups -OCH3 is 1. The monoisotopic (exact) mass is 358 g/mol. The van der Waals surface area contributed by atoms with E-state index in [4.69, 9.17) is 4.74 Å². The first-order valence-corrected chi connectivity index (χ1v) is 6.67. The SMILES string of the molecule is COc1ccc(C(=O)c2cc(C(F)(F)F)ccc2Br)cc1. The van der Waals surface area contributed by atoms with Gasteiger partial charge in [-0.05, 0) is 42.5 Å². The number of carbonyl (C=O) groups excluding carboxylic acids is 1. The summed E-state index contributed by atoms with van der Waals surface area (Å²) in [5.41, 5.74) is -0.603. The molecule has 2 rings (SSSR count). The van der Waals surface area contributed by atoms with Crippen LogP contribution in [0.5, 0.6) is 5.75 Å². The number of alkyl halides is 3. The summed E-state index contributed by atoms with van der Waals surface area (Å²) in [6.45, 7) is 0. The number of ketones is 1. The van der Waals surface area contributed by atoms with Crippen LogP contribution in [-0.2, 0) is 6.18 Å². The molecule has 0 unspecified atom stereocenters. The largest absolute Gasteiger partial charge is 0.497 e. The van der Waals surface area contributed by atoms with Crippen LogP contribution in [0.1, 0.15) is 21.5 Å². The smallest absolute Gasteiger partial charge is 0.416 e. The Morgan fingerprint density at radius 3 is 2.24 bits per heavy atom. The van der Waals surface area contributed by atoms with Crippen LogP contribution >= 0.6 is 15.9 Å². The van der Waals surface area contributed by atoms with Gasteiger partial charge in [0.25, 0.3) is 0 Å². The fourth-order valence-corrected chi connectivity index (χ4v) is 2.20. The van der Waals surface area contributed by atoms with E-state index in [1.165, 1.54) is 25.3 Å². The molecule has 0 saturated heterocycles. The molecule has 21 heavy (non-hydrogen) atoms. The average Bonchev–Trinajstić information content (AvgIpc) is 2.46. The highest BCUT2D eigenvalue weighted by Crippen LogP contribution is 2.32. The molecule has 2 aromatic rings. The minimum Gasteiger partial charge on any atom is -0.497 e. The predicted molar refractivity (Wildman–Crippen MR) is 75.6 cm³/mol. The van der Waals surface area contributed by atoms with Crippen molar-refractivity contribution < 1.29 is 22.7 Å². The summed E-state index contributed by atoms with van der Waals surface area (Å²) in [4.78, 5) is 12.3. The van der Waals surface area contributed by atoms with Gasteiger partial charge in [0.1, 0.15) is 5.75 Å². The van der Waals surface area contributed by atoms with Crippen molar-refractivity contribution >= 4 is 21.7 Å². The first-order chi connectivity index (χ1) is 9.82. The van der Waals surface area contributed by atoms with Crippen LogP contribution in [0.4, 0.5) is 13.2 Å². The summed E-state index contributed by atoms with van der Waals surface area (Å²) in [5, 5.41) is 0. The van der Waals surface area contributed by atoms with E-state index in [0.717, 1.165) is 12.1 Å². The van der Waals surface area contributed by atoms with Gasteiger partial charge in [-0.2, -0.15) is 13.2 Å². The molecule has 0 fully saturated rings. The van der Waals surface area contributed by atoms with Crippen molar-refractivity contribution in [2.75, 3.05) is 7.11 Å². The zero-order chi connectivity index (χ0) is 15.6. The van der Waals surface area contributed by atoms with Crippen LogP contribution in [0.3, 0.4) is 0 Å². The first-order valence-electron chi connectivity index (χ1n) is 5.88. The lowest BCUT2D eigenvalue weighted by Gasteiger charge is -2.10. The highest BCUT2D eigenvalue weighted by molar-refractivity contribution is 9.10. The second kappa shape index (κ2) is 5.89. The minimum absolute atomic E-state index is 0.0324. The van der Waals surface area contributed by atoms with Crippen LogP contribution in [0.15, 0.2) is 46.9 Å². The molecular weight excluding hydrogens is 349 g/mol. The van der Waals surface area contributed by atoms with Gasteiger partial charge in [-0.15, -0.1) is 0 Å². The molecule has 0 aliphatic carbocycles. The van der Waals surface area contributed by atoms with E-state index in [1.54, 1.807) is 12.1 Å². The van der Waals surface area contributed by atoms with E-state index >= 15 is 0 Å². The highest BCUT2D eigenvalue weighted by Gasteiger charge is 2.31. The lowest BCUT2D eigenvalue weighted by atomic mass is 10.0. The van der Waals surface area contributed by atoms with E-state index in [1.807, 2.05) is 0 Å². The second-order valence-electron chi connectivity index (χ2n) is 4.25. The average molecular weight is 359 g/mol. The molecule has 0 aromatic heterocycles. The Morgan fingerprint density at radius 2 is 1.71 bits per heavy atom. The molecule has 2 nitrogen and oxygen atoms in total. The Hall–Kier alpha value is -1.82. The third kappa shape index (κ3) is 3.44. The van der Waals surface area contributed by atoms with Crippen LogP contribution in [0, 0.1) is 0 Å². The van der Waals surface area contributed by atoms with Crippen LogP contribution < -0.4 is 4.74 Å². The summed E-state index contributed by atoms with van der Waals surface area (Å²) in [6, 6.07) is 9.16. The van der Waals surface area contributed by atoms with Crippen LogP contribution in [-0.4, -0.2) is 12.9 Å². The molecule has 2 aromatic carbocycles. The summed E-state index contributed by atoms with van der Waals surface area (Å²) in [6.07, 6.45) is -4.49. The zero-order valence-electron chi connectivity index (χ0n) is 10.9. The topological polar surface area (TPSA) is 26.3 Å². The number of rotatable bonds is 3. The molecule has 0 aliphatic heterocycles. The number of hydrogen-bond donors (Lipinski definition) is 0. The van der Waals surface area contributed by atoms with Crippen LogP contribution in [0.25, 0.3) is 0 Å². The predicted octanol–water partition coefficient (Wildman–Crippen LogP) is 4.71. The van der Waals surface area contributed by atoms with Crippen molar-refractivity contribution in [3.05, 3.63) is 63.6 Å². The Morgan fingerprint density at radius 1 is 1.10 bits per heavy atom. The van der Waals surface area contributed by atoms with Gasteiger partial charge in [-0.25, -0.2) is 0 Å². The third-order valence-corrected chi connectivity index (χ3v) is 3.58. The lowest BCUT2D eigenvalue weighted by Crippen LogP contribution is -2.09. The van der Waals surface area contributed by atoms with Gasteiger partial charge in [0.15, 0.2) is 5.78 Å². The summed E-state index contributed by atoms with van der Waals surface area (Å²) >= 11 is 3.11. The first kappa shape index (κ1) is 15.6. The molecule has 0 atom stereocenters. The van der Waals surface area contributed by atoms with Crippen molar-refractivity contribution in [2.45, 2.75) is 6.18 Å². The second-order valence-corrected chi connectivity index (χ2v) is 5.10. The maximum atomic E-state index is 12.7. The number of ether oxygens (including phenoxy) is 1. The quantitative estimate of drug-likeness (QED) is 0.743. The van der Waals surface area contributed by atoms with Gasteiger partial charge >= 0.3 is 6.18 Å². The zero-order valence-corrected chi connectivity index (χ0v) is 12.5. The van der Waals surface area contributed by atoms with Crippen LogP contribution in [0.2, 0.25) is 0 Å². The van der Waals surface area contributed by atoms with Crippen molar-refractivity contribution in [2.24, 2.45) is 0 Å². The Labute approximate surface area is 127 Å². The minimum atomic E-state index is -4.49. The number of hydrogen-bond acceptors (Lipinski definition) is 2. The van der Waals surface area contributed by atoms with Crippen molar-refractivity contribution in [3.8, 4) is 5.75 Å². The summed E-state index contributed by atoms with van der Waals surface area (Å²) in [5.74, 6) is 0.0743. The van der Waals surface area contributed by atoms with Gasteiger partial charge in [-0.1, -0.05) is 15.9 Å². The van der Waals surface area contributed by atoms with E-state index in [0.29, 0.717) is 10.2 Å². The molecule has 0 amide bonds. The molecule has 0 radical (unpaired) electrons. The van der Waals surface area contributed by atoms with E-state index in [9.17, 15) is 18.0 Å². The normalized spacial score (nSPS) is 11.3. The summed E-state index contributed by atoms with van der Waals surface area (Å²) < 4.78 is 43.5. The number of carbonyl (C=O) groups is 1. The standard InChI is InChI=1S/C15H10BrF3O2/c1-21-11-5-2-9(3-6-11)14(20)12-8-10(15(17,18)19)4-7-13(12)16/h2-8H,1H3. The van der Waals surface area contributed by atoms with Crippen molar-refractivity contribution in [1.82, 2.24) is 0 Å². The van der Waals surface area contributed by atoms with Gasteiger partial charge in [-0.3, -0.25) is 4.79 Å². The molecule has 0 N–H and O–H groups in total. The number of benzene rings is 2. The third-order valence-electron chi connectivity index (χ3n) is 2.89. The van der Waals surface area contributed by atoms with Crippen molar-refractivity contribution in [1.29, 1.82) is 0 Å². The Kier molecular flexibility index (Phi) is 4.37. The molecule has 0 heterocycles. The fourth-order valence-electron chi connectivity index (χ4n) is 1.77. The molecule has 0 aliphatic rings. The fraction of sp³-hybridized carbons (Fsp3) is 0.133. The highest BCUT2D eigenvalue weighted by atomic mass is 79.9. The van der Waals surface area contributed by atoms with Crippen molar-refractivity contribution in [3.63, 3.8) is 0 Å².